The Kier molecular flexibility index (Phi) is 6.25. The lowest BCUT2D eigenvalue weighted by molar-refractivity contribution is -0.179. The molecule has 208 valence electrons. The SMILES string of the molecule is OC1CC(c2ccccc2OC(F)F)c2c1nc1cc(F)c(-c3cnc(C4CCC5(CC4)OCCO5)nc3)cn21. The van der Waals surface area contributed by atoms with Crippen LogP contribution in [0, 0.1) is 5.82 Å². The molecule has 40 heavy (non-hydrogen) atoms. The highest BCUT2D eigenvalue weighted by Gasteiger charge is 2.41. The van der Waals surface area contributed by atoms with Crippen LogP contribution in [0.3, 0.4) is 0 Å². The smallest absolute Gasteiger partial charge is 0.387 e. The van der Waals surface area contributed by atoms with Crippen LogP contribution in [0.1, 0.15) is 72.8 Å². The average Bonchev–Trinajstić information content (AvgIpc) is 3.64. The van der Waals surface area contributed by atoms with Crippen LogP contribution in [0.2, 0.25) is 0 Å². The van der Waals surface area contributed by atoms with Crippen molar-refractivity contribution < 1.29 is 32.5 Å². The lowest BCUT2D eigenvalue weighted by Gasteiger charge is -2.34. The van der Waals surface area contributed by atoms with Gasteiger partial charge in [0.05, 0.1) is 30.7 Å². The van der Waals surface area contributed by atoms with Crippen molar-refractivity contribution in [1.82, 2.24) is 19.4 Å². The summed E-state index contributed by atoms with van der Waals surface area (Å²) in [5, 5.41) is 10.8. The van der Waals surface area contributed by atoms with E-state index >= 15 is 4.39 Å². The average molecular weight is 553 g/mol. The molecule has 0 radical (unpaired) electrons. The van der Waals surface area contributed by atoms with Crippen molar-refractivity contribution in [2.45, 2.75) is 62.4 Å². The van der Waals surface area contributed by atoms with Crippen LogP contribution in [0.4, 0.5) is 13.2 Å². The topological polar surface area (TPSA) is 91.0 Å². The Hall–Kier alpha value is -3.54. The van der Waals surface area contributed by atoms with E-state index in [1.807, 2.05) is 0 Å². The number of alkyl halides is 2. The molecule has 1 saturated heterocycles. The molecular formula is C29H27F3N4O4. The van der Waals surface area contributed by atoms with Gasteiger partial charge in [0.15, 0.2) is 5.79 Å². The Morgan fingerprint density at radius 2 is 1.80 bits per heavy atom. The van der Waals surface area contributed by atoms with Crippen LogP contribution in [0.25, 0.3) is 16.8 Å². The van der Waals surface area contributed by atoms with Gasteiger partial charge >= 0.3 is 6.61 Å². The van der Waals surface area contributed by atoms with E-state index in [4.69, 9.17) is 14.2 Å². The number of ether oxygens (including phenoxy) is 3. The Morgan fingerprint density at radius 3 is 2.52 bits per heavy atom. The molecule has 2 atom stereocenters. The van der Waals surface area contributed by atoms with E-state index < -0.39 is 30.2 Å². The third kappa shape index (κ3) is 4.32. The largest absolute Gasteiger partial charge is 0.435 e. The third-order valence-electron chi connectivity index (χ3n) is 8.30. The zero-order valence-electron chi connectivity index (χ0n) is 21.5. The van der Waals surface area contributed by atoms with E-state index in [-0.39, 0.29) is 23.7 Å². The second-order valence-corrected chi connectivity index (χ2v) is 10.6. The van der Waals surface area contributed by atoms with Gasteiger partial charge in [-0.3, -0.25) is 0 Å². The zero-order chi connectivity index (χ0) is 27.4. The van der Waals surface area contributed by atoms with Crippen LogP contribution < -0.4 is 4.74 Å². The monoisotopic (exact) mass is 552 g/mol. The van der Waals surface area contributed by atoms with Crippen LogP contribution in [-0.4, -0.2) is 50.1 Å². The predicted molar refractivity (Wildman–Crippen MR) is 137 cm³/mol. The van der Waals surface area contributed by atoms with Crippen molar-refractivity contribution in [2.75, 3.05) is 13.2 Å². The predicted octanol–water partition coefficient (Wildman–Crippen LogP) is 5.50. The Labute approximate surface area is 227 Å². The van der Waals surface area contributed by atoms with E-state index in [0.717, 1.165) is 25.7 Å². The second-order valence-electron chi connectivity index (χ2n) is 10.6. The standard InChI is InChI=1S/C29H27F3N4O4/c30-21-12-24-35-25-22(37)11-19(18-3-1-2-4-23(18)40-28(31)32)26(25)36(24)15-20(21)17-13-33-27(34-14-17)16-5-7-29(8-6-16)38-9-10-39-29/h1-4,12-16,19,22,28,37H,5-11H2. The fourth-order valence-corrected chi connectivity index (χ4v) is 6.39. The molecule has 3 aromatic heterocycles. The lowest BCUT2D eigenvalue weighted by atomic mass is 9.84. The maximum Gasteiger partial charge on any atom is 0.387 e. The van der Waals surface area contributed by atoms with Crippen molar-refractivity contribution in [3.63, 3.8) is 0 Å². The van der Waals surface area contributed by atoms with Gasteiger partial charge in [0.25, 0.3) is 0 Å². The lowest BCUT2D eigenvalue weighted by Crippen LogP contribution is -2.34. The first kappa shape index (κ1) is 25.4. The highest BCUT2D eigenvalue weighted by molar-refractivity contribution is 5.65. The van der Waals surface area contributed by atoms with Gasteiger partial charge in [0.1, 0.15) is 23.0 Å². The van der Waals surface area contributed by atoms with Crippen molar-refractivity contribution in [1.29, 1.82) is 0 Å². The Morgan fingerprint density at radius 1 is 1.07 bits per heavy atom. The van der Waals surface area contributed by atoms with Gasteiger partial charge in [-0.05, 0) is 25.3 Å². The van der Waals surface area contributed by atoms with Gasteiger partial charge < -0.3 is 23.7 Å². The molecule has 0 amide bonds. The summed E-state index contributed by atoms with van der Waals surface area (Å²) in [4.78, 5) is 13.6. The van der Waals surface area contributed by atoms with Crippen molar-refractivity contribution in [3.8, 4) is 16.9 Å². The van der Waals surface area contributed by atoms with Gasteiger partial charge in [0.2, 0.25) is 0 Å². The highest BCUT2D eigenvalue weighted by Crippen LogP contribution is 2.47. The first-order valence-corrected chi connectivity index (χ1v) is 13.4. The summed E-state index contributed by atoms with van der Waals surface area (Å²) < 4.78 is 59.6. The summed E-state index contributed by atoms with van der Waals surface area (Å²) in [6.45, 7) is -1.74. The van der Waals surface area contributed by atoms with Crippen molar-refractivity contribution in [3.05, 3.63) is 77.5 Å². The van der Waals surface area contributed by atoms with Gasteiger partial charge in [-0.25, -0.2) is 19.3 Å². The molecule has 1 spiro atoms. The van der Waals surface area contributed by atoms with E-state index in [1.165, 1.54) is 12.1 Å². The van der Waals surface area contributed by atoms with E-state index in [2.05, 4.69) is 15.0 Å². The number of nitrogens with zero attached hydrogens (tertiary/aromatic N) is 4. The number of aliphatic hydroxyl groups is 1. The summed E-state index contributed by atoms with van der Waals surface area (Å²) in [5.74, 6) is -0.528. The first-order chi connectivity index (χ1) is 19.4. The minimum Gasteiger partial charge on any atom is -0.435 e. The maximum absolute atomic E-state index is 15.3. The molecule has 1 saturated carbocycles. The number of halogens is 3. The van der Waals surface area contributed by atoms with E-state index in [1.54, 1.807) is 41.2 Å². The van der Waals surface area contributed by atoms with Crippen LogP contribution in [0.15, 0.2) is 48.9 Å². The summed E-state index contributed by atoms with van der Waals surface area (Å²) in [5.41, 5.74) is 2.59. The molecule has 8 nitrogen and oxygen atoms in total. The zero-order valence-corrected chi connectivity index (χ0v) is 21.5. The van der Waals surface area contributed by atoms with Crippen LogP contribution >= 0.6 is 0 Å². The molecule has 2 fully saturated rings. The van der Waals surface area contributed by atoms with Gasteiger partial charge in [-0.1, -0.05) is 18.2 Å². The van der Waals surface area contributed by atoms with Crippen LogP contribution in [0.5, 0.6) is 5.75 Å². The number of hydrogen-bond acceptors (Lipinski definition) is 7. The van der Waals surface area contributed by atoms with Gasteiger partial charge in [-0.2, -0.15) is 8.78 Å². The summed E-state index contributed by atoms with van der Waals surface area (Å²) in [6, 6.07) is 7.80. The number of pyridine rings is 1. The number of rotatable bonds is 5. The molecule has 7 rings (SSSR count). The Balaban J connectivity index is 1.21. The normalized spacial score (nSPS) is 22.4. The van der Waals surface area contributed by atoms with Crippen molar-refractivity contribution >= 4 is 5.65 Å². The molecule has 11 heteroatoms. The number of para-hydroxylation sites is 1. The van der Waals surface area contributed by atoms with Gasteiger partial charge in [-0.15, -0.1) is 0 Å². The molecular weight excluding hydrogens is 525 g/mol. The number of imidazole rings is 1. The molecule has 1 aliphatic heterocycles. The fourth-order valence-electron chi connectivity index (χ4n) is 6.39. The van der Waals surface area contributed by atoms with E-state index in [0.29, 0.717) is 47.2 Å². The Bertz CT molecular complexity index is 1550. The highest BCUT2D eigenvalue weighted by atomic mass is 19.3. The maximum atomic E-state index is 15.3. The third-order valence-corrected chi connectivity index (χ3v) is 8.30. The summed E-state index contributed by atoms with van der Waals surface area (Å²) in [7, 11) is 0. The number of aliphatic hydroxyl groups excluding tert-OH is 1. The minimum atomic E-state index is -2.99. The molecule has 4 aromatic rings. The van der Waals surface area contributed by atoms with E-state index in [9.17, 15) is 13.9 Å². The minimum absolute atomic E-state index is 0.0310. The molecule has 1 aromatic carbocycles. The number of fused-ring (bicyclic) bond motifs is 3. The fraction of sp³-hybridized carbons (Fsp3) is 0.414. The first-order valence-electron chi connectivity index (χ1n) is 13.4. The molecule has 3 aliphatic rings. The molecule has 4 heterocycles. The number of aromatic nitrogens is 4. The summed E-state index contributed by atoms with van der Waals surface area (Å²) >= 11 is 0. The molecule has 2 unspecified atom stereocenters. The molecule has 1 N–H and O–H groups in total. The van der Waals surface area contributed by atoms with Crippen LogP contribution in [-0.2, 0) is 9.47 Å². The summed E-state index contributed by atoms with van der Waals surface area (Å²) in [6.07, 6.45) is 7.44. The van der Waals surface area contributed by atoms with Crippen molar-refractivity contribution in [2.24, 2.45) is 0 Å². The molecule has 2 aliphatic carbocycles. The second kappa shape index (κ2) is 9.83. The van der Waals surface area contributed by atoms with Gasteiger partial charge in [0, 0.05) is 66.0 Å². The number of hydrogen-bond donors (Lipinski definition) is 1. The molecule has 0 bridgehead atoms. The quantitative estimate of drug-likeness (QED) is 0.350. The number of benzene rings is 1.